The van der Waals surface area contributed by atoms with Crippen LogP contribution in [0, 0.1) is 11.3 Å². The van der Waals surface area contributed by atoms with E-state index in [2.05, 4.69) is 10.4 Å². The minimum Gasteiger partial charge on any atom is -0.308 e. The Labute approximate surface area is 132 Å². The van der Waals surface area contributed by atoms with Crippen molar-refractivity contribution in [3.63, 3.8) is 0 Å². The third-order valence-electron chi connectivity index (χ3n) is 3.31. The lowest BCUT2D eigenvalue weighted by Crippen LogP contribution is -2.29. The summed E-state index contributed by atoms with van der Waals surface area (Å²) in [6.07, 6.45) is 0.0386. The maximum Gasteiger partial charge on any atom is 0.256 e. The first-order chi connectivity index (χ1) is 11.2. The van der Waals surface area contributed by atoms with E-state index in [-0.39, 0.29) is 18.2 Å². The predicted molar refractivity (Wildman–Crippen MR) is 84.6 cm³/mol. The van der Waals surface area contributed by atoms with Crippen LogP contribution in [0.1, 0.15) is 22.3 Å². The van der Waals surface area contributed by atoms with Crippen LogP contribution in [-0.4, -0.2) is 17.6 Å². The van der Waals surface area contributed by atoms with Crippen LogP contribution < -0.4 is 10.3 Å². The third-order valence-corrected chi connectivity index (χ3v) is 3.31. The molecule has 2 aromatic rings. The van der Waals surface area contributed by atoms with E-state index in [1.807, 2.05) is 24.3 Å². The van der Waals surface area contributed by atoms with Gasteiger partial charge in [0.2, 0.25) is 0 Å². The van der Waals surface area contributed by atoms with E-state index in [9.17, 15) is 9.59 Å². The van der Waals surface area contributed by atoms with Crippen molar-refractivity contribution < 1.29 is 9.59 Å². The number of nitrogens with zero attached hydrogens (tertiary/aromatic N) is 3. The van der Waals surface area contributed by atoms with Crippen molar-refractivity contribution in [2.75, 3.05) is 5.01 Å². The van der Waals surface area contributed by atoms with Gasteiger partial charge in [0.1, 0.15) is 5.84 Å². The second-order valence-electron chi connectivity index (χ2n) is 4.91. The van der Waals surface area contributed by atoms with Gasteiger partial charge >= 0.3 is 0 Å². The van der Waals surface area contributed by atoms with Crippen LogP contribution in [0.15, 0.2) is 59.7 Å². The number of benzene rings is 2. The van der Waals surface area contributed by atoms with Crippen molar-refractivity contribution in [1.29, 1.82) is 5.26 Å². The molecule has 1 heterocycles. The van der Waals surface area contributed by atoms with E-state index in [0.717, 1.165) is 0 Å². The SMILES string of the molecule is N#Cc1ccc(C(=O)NC2=NN(c3ccccc3)C(=O)C2)cc1. The molecule has 0 bridgehead atoms. The second-order valence-corrected chi connectivity index (χ2v) is 4.91. The van der Waals surface area contributed by atoms with Crippen molar-refractivity contribution in [3.8, 4) is 6.07 Å². The van der Waals surface area contributed by atoms with E-state index in [4.69, 9.17) is 5.26 Å². The zero-order valence-corrected chi connectivity index (χ0v) is 12.1. The zero-order valence-electron chi connectivity index (χ0n) is 12.1. The summed E-state index contributed by atoms with van der Waals surface area (Å²) in [5, 5.41) is 16.8. The third kappa shape index (κ3) is 3.09. The van der Waals surface area contributed by atoms with Gasteiger partial charge < -0.3 is 5.32 Å². The van der Waals surface area contributed by atoms with Crippen LogP contribution >= 0.6 is 0 Å². The highest BCUT2D eigenvalue weighted by Gasteiger charge is 2.26. The molecule has 0 radical (unpaired) electrons. The molecule has 6 heteroatoms. The largest absolute Gasteiger partial charge is 0.308 e. The van der Waals surface area contributed by atoms with Gasteiger partial charge in [0.25, 0.3) is 11.8 Å². The lowest BCUT2D eigenvalue weighted by molar-refractivity contribution is -0.116. The number of para-hydroxylation sites is 1. The molecular weight excluding hydrogens is 292 g/mol. The Hall–Kier alpha value is -3.46. The van der Waals surface area contributed by atoms with Crippen LogP contribution in [0.4, 0.5) is 5.69 Å². The lowest BCUT2D eigenvalue weighted by atomic mass is 10.1. The quantitative estimate of drug-likeness (QED) is 0.921. The number of carbonyl (C=O) groups excluding carboxylic acids is 2. The Morgan fingerprint density at radius 3 is 2.48 bits per heavy atom. The topological polar surface area (TPSA) is 85.6 Å². The fourth-order valence-corrected chi connectivity index (χ4v) is 2.17. The molecule has 0 atom stereocenters. The number of carbonyl (C=O) groups is 2. The van der Waals surface area contributed by atoms with Crippen molar-refractivity contribution >= 4 is 23.3 Å². The number of hydrazone groups is 1. The molecule has 0 saturated heterocycles. The molecule has 0 saturated carbocycles. The van der Waals surface area contributed by atoms with Crippen molar-refractivity contribution in [1.82, 2.24) is 5.32 Å². The summed E-state index contributed by atoms with van der Waals surface area (Å²) in [7, 11) is 0. The van der Waals surface area contributed by atoms with Gasteiger partial charge in [-0.1, -0.05) is 18.2 Å². The highest BCUT2D eigenvalue weighted by molar-refractivity contribution is 6.17. The Morgan fingerprint density at radius 2 is 1.83 bits per heavy atom. The summed E-state index contributed by atoms with van der Waals surface area (Å²) in [4.78, 5) is 24.2. The first-order valence-electron chi connectivity index (χ1n) is 6.94. The Bertz CT molecular complexity index is 820. The molecular formula is C17H12N4O2. The minimum atomic E-state index is -0.365. The molecule has 0 aromatic heterocycles. The molecule has 0 spiro atoms. The van der Waals surface area contributed by atoms with Crippen LogP contribution in [0.25, 0.3) is 0 Å². The van der Waals surface area contributed by atoms with Gasteiger partial charge in [-0.25, -0.2) is 0 Å². The summed E-state index contributed by atoms with van der Waals surface area (Å²) >= 11 is 0. The average molecular weight is 304 g/mol. The lowest BCUT2D eigenvalue weighted by Gasteiger charge is -2.10. The van der Waals surface area contributed by atoms with Gasteiger partial charge in [0.05, 0.1) is 23.7 Å². The molecule has 1 N–H and O–H groups in total. The number of nitriles is 1. The highest BCUT2D eigenvalue weighted by Crippen LogP contribution is 2.19. The smallest absolute Gasteiger partial charge is 0.256 e. The number of amidine groups is 1. The van der Waals surface area contributed by atoms with Crippen LogP contribution in [0.3, 0.4) is 0 Å². The zero-order chi connectivity index (χ0) is 16.2. The van der Waals surface area contributed by atoms with Crippen molar-refractivity contribution in [2.45, 2.75) is 6.42 Å². The fourth-order valence-electron chi connectivity index (χ4n) is 2.17. The molecule has 3 rings (SSSR count). The fraction of sp³-hybridized carbons (Fsp3) is 0.0588. The molecule has 0 aliphatic carbocycles. The highest BCUT2D eigenvalue weighted by atomic mass is 16.2. The molecule has 112 valence electrons. The summed E-state index contributed by atoms with van der Waals surface area (Å²) in [5.74, 6) is -0.268. The minimum absolute atomic E-state index is 0.0386. The van der Waals surface area contributed by atoms with Crippen LogP contribution in [-0.2, 0) is 4.79 Å². The molecule has 6 nitrogen and oxygen atoms in total. The van der Waals surface area contributed by atoms with Gasteiger partial charge in [0.15, 0.2) is 0 Å². The molecule has 1 aliphatic heterocycles. The van der Waals surface area contributed by atoms with E-state index in [0.29, 0.717) is 22.6 Å². The summed E-state index contributed by atoms with van der Waals surface area (Å²) < 4.78 is 0. The Kier molecular flexibility index (Phi) is 3.85. The monoisotopic (exact) mass is 304 g/mol. The number of rotatable bonds is 2. The Balaban J connectivity index is 1.74. The second kappa shape index (κ2) is 6.12. The van der Waals surface area contributed by atoms with Crippen molar-refractivity contribution in [3.05, 3.63) is 65.7 Å². The predicted octanol–water partition coefficient (Wildman–Crippen LogP) is 2.04. The number of amides is 2. The van der Waals surface area contributed by atoms with Crippen LogP contribution in [0.5, 0.6) is 0 Å². The van der Waals surface area contributed by atoms with Gasteiger partial charge in [-0.05, 0) is 36.4 Å². The summed E-state index contributed by atoms with van der Waals surface area (Å²) in [6, 6.07) is 17.2. The van der Waals surface area contributed by atoms with E-state index >= 15 is 0 Å². The standard InChI is InChI=1S/C17H12N4O2/c18-11-12-6-8-13(9-7-12)17(23)19-15-10-16(22)21(20-15)14-4-2-1-3-5-14/h1-9H,10H2,(H,19,20,23). The molecule has 23 heavy (non-hydrogen) atoms. The maximum absolute atomic E-state index is 12.1. The van der Waals surface area contributed by atoms with Gasteiger partial charge in [-0.2, -0.15) is 15.4 Å². The molecule has 2 aromatic carbocycles. The van der Waals surface area contributed by atoms with E-state index in [1.54, 1.807) is 36.4 Å². The van der Waals surface area contributed by atoms with Crippen LogP contribution in [0.2, 0.25) is 0 Å². The summed E-state index contributed by atoms with van der Waals surface area (Å²) in [5.41, 5.74) is 1.53. The number of hydrogen-bond donors (Lipinski definition) is 1. The summed E-state index contributed by atoms with van der Waals surface area (Å²) in [6.45, 7) is 0. The molecule has 0 unspecified atom stereocenters. The number of hydrogen-bond acceptors (Lipinski definition) is 4. The molecule has 1 aliphatic rings. The average Bonchev–Trinajstić information content (AvgIpc) is 2.96. The number of anilines is 1. The molecule has 2 amide bonds. The Morgan fingerprint density at radius 1 is 1.13 bits per heavy atom. The normalized spacial score (nSPS) is 13.4. The maximum atomic E-state index is 12.1. The van der Waals surface area contributed by atoms with Crippen molar-refractivity contribution in [2.24, 2.45) is 5.10 Å². The first kappa shape index (κ1) is 14.5. The first-order valence-corrected chi connectivity index (χ1v) is 6.94. The molecule has 0 fully saturated rings. The van der Waals surface area contributed by atoms with Gasteiger partial charge in [-0.3, -0.25) is 9.59 Å². The van der Waals surface area contributed by atoms with E-state index in [1.165, 1.54) is 5.01 Å². The number of nitrogens with one attached hydrogen (secondary N) is 1. The van der Waals surface area contributed by atoms with Gasteiger partial charge in [0, 0.05) is 5.56 Å². The van der Waals surface area contributed by atoms with Gasteiger partial charge in [-0.15, -0.1) is 0 Å². The van der Waals surface area contributed by atoms with E-state index < -0.39 is 0 Å².